The van der Waals surface area contributed by atoms with Gasteiger partial charge >= 0.3 is 5.97 Å². The Labute approximate surface area is 194 Å². The van der Waals surface area contributed by atoms with Gasteiger partial charge in [0.15, 0.2) is 6.61 Å². The molecule has 0 heterocycles. The maximum atomic E-state index is 12.8. The fourth-order valence-corrected chi connectivity index (χ4v) is 3.52. The lowest BCUT2D eigenvalue weighted by atomic mass is 10.0. The minimum absolute atomic E-state index is 0.0944. The molecule has 3 rings (SSSR count). The molecule has 2 amide bonds. The second-order valence-corrected chi connectivity index (χ2v) is 7.86. The number of rotatable bonds is 9. The van der Waals surface area contributed by atoms with Crippen molar-refractivity contribution in [2.24, 2.45) is 0 Å². The van der Waals surface area contributed by atoms with Crippen LogP contribution in [0.2, 0.25) is 0 Å². The van der Waals surface area contributed by atoms with Crippen LogP contribution in [0.5, 0.6) is 0 Å². The Bertz CT molecular complexity index is 1050. The molecule has 0 aliphatic carbocycles. The molecule has 0 saturated carbocycles. The van der Waals surface area contributed by atoms with Crippen molar-refractivity contribution in [3.63, 3.8) is 0 Å². The number of amides is 2. The fraction of sp³-hybridized carbons (Fsp3) is 0.222. The van der Waals surface area contributed by atoms with Crippen molar-refractivity contribution in [2.75, 3.05) is 11.5 Å². The predicted octanol–water partition coefficient (Wildman–Crippen LogP) is 4.53. The molecular formula is C27H28N2O4. The highest BCUT2D eigenvalue weighted by atomic mass is 16.5. The molecule has 1 atom stereocenters. The van der Waals surface area contributed by atoms with Crippen LogP contribution in [-0.2, 0) is 14.3 Å². The molecule has 6 nitrogen and oxygen atoms in total. The topological polar surface area (TPSA) is 75.7 Å². The Morgan fingerprint density at radius 2 is 1.36 bits per heavy atom. The second kappa shape index (κ2) is 11.6. The first-order valence-electron chi connectivity index (χ1n) is 10.9. The van der Waals surface area contributed by atoms with Crippen molar-refractivity contribution in [3.8, 4) is 0 Å². The highest BCUT2D eigenvalue weighted by Gasteiger charge is 2.23. The summed E-state index contributed by atoms with van der Waals surface area (Å²) in [6.07, 6.45) is -0.0944. The van der Waals surface area contributed by atoms with Gasteiger partial charge in [-0.05, 0) is 43.7 Å². The molecule has 0 aromatic heterocycles. The smallest absolute Gasteiger partial charge is 0.308 e. The molecule has 170 valence electrons. The third kappa shape index (κ3) is 6.77. The molecule has 0 aliphatic heterocycles. The number of nitrogens with zero attached hydrogens (tertiary/aromatic N) is 1. The zero-order valence-electron chi connectivity index (χ0n) is 18.8. The van der Waals surface area contributed by atoms with Gasteiger partial charge < -0.3 is 15.0 Å². The van der Waals surface area contributed by atoms with Crippen molar-refractivity contribution < 1.29 is 19.1 Å². The molecule has 0 fully saturated rings. The predicted molar refractivity (Wildman–Crippen MR) is 128 cm³/mol. The van der Waals surface area contributed by atoms with Crippen molar-refractivity contribution in [1.29, 1.82) is 0 Å². The summed E-state index contributed by atoms with van der Waals surface area (Å²) in [6, 6.07) is 26.6. The summed E-state index contributed by atoms with van der Waals surface area (Å²) in [5.74, 6) is -1.17. The molecule has 1 unspecified atom stereocenters. The molecule has 33 heavy (non-hydrogen) atoms. The highest BCUT2D eigenvalue weighted by Crippen LogP contribution is 2.19. The number of carbonyl (C=O) groups excluding carboxylic acids is 3. The zero-order valence-corrected chi connectivity index (χ0v) is 18.8. The third-order valence-corrected chi connectivity index (χ3v) is 5.09. The average molecular weight is 445 g/mol. The Kier molecular flexibility index (Phi) is 8.36. The maximum absolute atomic E-state index is 12.8. The number of nitrogens with one attached hydrogen (secondary N) is 1. The summed E-state index contributed by atoms with van der Waals surface area (Å²) in [4.78, 5) is 39.7. The molecule has 3 aromatic rings. The van der Waals surface area contributed by atoms with Crippen LogP contribution in [-0.4, -0.2) is 30.4 Å². The van der Waals surface area contributed by atoms with Crippen LogP contribution in [0.3, 0.4) is 0 Å². The number of anilines is 1. The van der Waals surface area contributed by atoms with E-state index in [1.165, 1.54) is 0 Å². The normalized spacial score (nSPS) is 11.5. The Morgan fingerprint density at radius 1 is 0.818 bits per heavy atom. The summed E-state index contributed by atoms with van der Waals surface area (Å²) >= 11 is 0. The Hall–Kier alpha value is -3.93. The lowest BCUT2D eigenvalue weighted by Crippen LogP contribution is -2.40. The lowest BCUT2D eigenvalue weighted by Gasteiger charge is -2.27. The van der Waals surface area contributed by atoms with E-state index < -0.39 is 12.0 Å². The van der Waals surface area contributed by atoms with Gasteiger partial charge in [0, 0.05) is 17.3 Å². The lowest BCUT2D eigenvalue weighted by molar-refractivity contribution is -0.148. The fourth-order valence-electron chi connectivity index (χ4n) is 3.52. The minimum Gasteiger partial charge on any atom is -0.455 e. The van der Waals surface area contributed by atoms with Gasteiger partial charge in [0.1, 0.15) is 0 Å². The maximum Gasteiger partial charge on any atom is 0.308 e. The Balaban J connectivity index is 1.65. The van der Waals surface area contributed by atoms with Crippen LogP contribution in [0, 0.1) is 0 Å². The van der Waals surface area contributed by atoms with Crippen LogP contribution >= 0.6 is 0 Å². The number of esters is 1. The van der Waals surface area contributed by atoms with E-state index in [9.17, 15) is 14.4 Å². The van der Waals surface area contributed by atoms with E-state index in [4.69, 9.17) is 4.74 Å². The van der Waals surface area contributed by atoms with Gasteiger partial charge in [-0.15, -0.1) is 0 Å². The largest absolute Gasteiger partial charge is 0.455 e. The summed E-state index contributed by atoms with van der Waals surface area (Å²) < 4.78 is 5.31. The number of benzene rings is 3. The third-order valence-electron chi connectivity index (χ3n) is 5.09. The van der Waals surface area contributed by atoms with E-state index in [2.05, 4.69) is 5.32 Å². The molecule has 0 bridgehead atoms. The number of hydrogen-bond donors (Lipinski definition) is 1. The van der Waals surface area contributed by atoms with Crippen LogP contribution < -0.4 is 10.2 Å². The number of hydrogen-bond acceptors (Lipinski definition) is 4. The summed E-state index contributed by atoms with van der Waals surface area (Å²) in [5, 5.41) is 2.90. The van der Waals surface area contributed by atoms with E-state index >= 15 is 0 Å². The molecule has 6 heteroatoms. The number of ether oxygens (including phenoxy) is 1. The first-order chi connectivity index (χ1) is 16.0. The van der Waals surface area contributed by atoms with Crippen LogP contribution in [0.15, 0.2) is 91.0 Å². The summed E-state index contributed by atoms with van der Waals surface area (Å²) in [6.45, 7) is 3.43. The SMILES string of the molecule is CC(C)N(C(=O)COC(=O)CC(NC(=O)c1ccccc1)c1ccccc1)c1ccccc1. The van der Waals surface area contributed by atoms with Gasteiger partial charge in [-0.2, -0.15) is 0 Å². The Morgan fingerprint density at radius 3 is 1.94 bits per heavy atom. The molecule has 0 spiro atoms. The van der Waals surface area contributed by atoms with Crippen molar-refractivity contribution in [1.82, 2.24) is 5.32 Å². The van der Waals surface area contributed by atoms with E-state index in [0.29, 0.717) is 5.56 Å². The van der Waals surface area contributed by atoms with E-state index in [-0.39, 0.29) is 30.9 Å². The second-order valence-electron chi connectivity index (χ2n) is 7.86. The molecule has 1 N–H and O–H groups in total. The van der Waals surface area contributed by atoms with E-state index in [0.717, 1.165) is 11.3 Å². The van der Waals surface area contributed by atoms with Crippen molar-refractivity contribution in [3.05, 3.63) is 102 Å². The number of para-hydroxylation sites is 1. The van der Waals surface area contributed by atoms with Crippen molar-refractivity contribution in [2.45, 2.75) is 32.4 Å². The van der Waals surface area contributed by atoms with Gasteiger partial charge in [-0.3, -0.25) is 14.4 Å². The first kappa shape index (κ1) is 23.7. The zero-order chi connectivity index (χ0) is 23.6. The molecule has 0 radical (unpaired) electrons. The van der Waals surface area contributed by atoms with Crippen LogP contribution in [0.25, 0.3) is 0 Å². The molecule has 0 saturated heterocycles. The van der Waals surface area contributed by atoms with Gasteiger partial charge in [-0.1, -0.05) is 66.7 Å². The quantitative estimate of drug-likeness (QED) is 0.492. The highest BCUT2D eigenvalue weighted by molar-refractivity contribution is 5.96. The van der Waals surface area contributed by atoms with E-state index in [1.54, 1.807) is 29.2 Å². The standard InChI is InChI=1S/C27H28N2O4/c1-20(2)29(23-16-10-5-11-17-23)25(30)19-33-26(31)18-24(21-12-6-3-7-13-21)28-27(32)22-14-8-4-9-15-22/h3-17,20,24H,18-19H2,1-2H3,(H,28,32). The minimum atomic E-state index is -0.586. The van der Waals surface area contributed by atoms with Gasteiger partial charge in [-0.25, -0.2) is 0 Å². The summed E-state index contributed by atoms with van der Waals surface area (Å²) in [5.41, 5.74) is 2.02. The van der Waals surface area contributed by atoms with Gasteiger partial charge in [0.2, 0.25) is 0 Å². The number of carbonyl (C=O) groups is 3. The molecular weight excluding hydrogens is 416 g/mol. The monoisotopic (exact) mass is 444 g/mol. The molecule has 0 aliphatic rings. The summed E-state index contributed by atoms with van der Waals surface area (Å²) in [7, 11) is 0. The van der Waals surface area contributed by atoms with Gasteiger partial charge in [0.25, 0.3) is 11.8 Å². The van der Waals surface area contributed by atoms with Gasteiger partial charge in [0.05, 0.1) is 12.5 Å². The first-order valence-corrected chi connectivity index (χ1v) is 10.9. The van der Waals surface area contributed by atoms with Crippen molar-refractivity contribution >= 4 is 23.5 Å². The van der Waals surface area contributed by atoms with E-state index in [1.807, 2.05) is 80.6 Å². The molecule has 3 aromatic carbocycles. The van der Waals surface area contributed by atoms with Crippen LogP contribution in [0.4, 0.5) is 5.69 Å². The average Bonchev–Trinajstić information content (AvgIpc) is 2.84. The van der Waals surface area contributed by atoms with Crippen LogP contribution in [0.1, 0.15) is 42.2 Å².